The molecule has 0 aromatic heterocycles. The van der Waals surface area contributed by atoms with E-state index >= 15 is 0 Å². The summed E-state index contributed by atoms with van der Waals surface area (Å²) in [5, 5.41) is 3.18. The maximum Gasteiger partial charge on any atom is 0.261 e. The van der Waals surface area contributed by atoms with E-state index in [4.69, 9.17) is 11.6 Å². The average Bonchev–Trinajstić information content (AvgIpc) is 3.01. The maximum atomic E-state index is 12.6. The molecule has 1 amide bonds. The van der Waals surface area contributed by atoms with Gasteiger partial charge in [0.15, 0.2) is 0 Å². The second-order valence-electron chi connectivity index (χ2n) is 7.98. The zero-order valence-electron chi connectivity index (χ0n) is 17.9. The normalized spacial score (nSPS) is 15.3. The monoisotopic (exact) mass is 463 g/mol. The molecule has 3 rings (SSSR count). The van der Waals surface area contributed by atoms with Crippen molar-refractivity contribution in [1.29, 1.82) is 0 Å². The van der Waals surface area contributed by atoms with Crippen molar-refractivity contribution in [2.45, 2.75) is 43.9 Å². The summed E-state index contributed by atoms with van der Waals surface area (Å²) in [7, 11) is -3.75. The standard InChI is InChI=1S/C23H30ClN3O3S/c1-18-7-10-20(11-8-18)31(29,30)26-19-9-12-22(24)21(17-19)23(28)25-13-6-16-27-14-4-2-3-5-15-27/h7-12,17,26H,2-6,13-16H2,1H3,(H,25,28). The van der Waals surface area contributed by atoms with Crippen LogP contribution in [0.5, 0.6) is 0 Å². The van der Waals surface area contributed by atoms with E-state index in [0.717, 1.165) is 31.6 Å². The number of benzene rings is 2. The molecule has 0 atom stereocenters. The summed E-state index contributed by atoms with van der Waals surface area (Å²) in [4.78, 5) is 15.2. The minimum Gasteiger partial charge on any atom is -0.352 e. The van der Waals surface area contributed by atoms with Crippen molar-refractivity contribution in [3.05, 3.63) is 58.6 Å². The molecule has 0 spiro atoms. The van der Waals surface area contributed by atoms with Crippen LogP contribution in [0.4, 0.5) is 5.69 Å². The van der Waals surface area contributed by atoms with E-state index < -0.39 is 10.0 Å². The highest BCUT2D eigenvalue weighted by Crippen LogP contribution is 2.23. The second-order valence-corrected chi connectivity index (χ2v) is 10.1. The van der Waals surface area contributed by atoms with Crippen LogP contribution >= 0.6 is 11.6 Å². The Labute approximate surface area is 190 Å². The highest BCUT2D eigenvalue weighted by molar-refractivity contribution is 7.92. The Morgan fingerprint density at radius 1 is 1.03 bits per heavy atom. The molecule has 0 unspecified atom stereocenters. The fourth-order valence-corrected chi connectivity index (χ4v) is 4.91. The first-order valence-electron chi connectivity index (χ1n) is 10.7. The third-order valence-electron chi connectivity index (χ3n) is 5.43. The number of rotatable bonds is 8. The van der Waals surface area contributed by atoms with Crippen molar-refractivity contribution in [1.82, 2.24) is 10.2 Å². The van der Waals surface area contributed by atoms with Crippen LogP contribution in [-0.4, -0.2) is 45.4 Å². The Morgan fingerprint density at radius 2 is 1.71 bits per heavy atom. The SMILES string of the molecule is Cc1ccc(S(=O)(=O)Nc2ccc(Cl)c(C(=O)NCCCN3CCCCCC3)c2)cc1. The van der Waals surface area contributed by atoms with Crippen molar-refractivity contribution < 1.29 is 13.2 Å². The predicted molar refractivity (Wildman–Crippen MR) is 125 cm³/mol. The molecule has 0 radical (unpaired) electrons. The molecule has 1 saturated heterocycles. The molecule has 2 aromatic carbocycles. The summed E-state index contributed by atoms with van der Waals surface area (Å²) in [5.41, 5.74) is 1.51. The van der Waals surface area contributed by atoms with E-state index in [-0.39, 0.29) is 21.4 Å². The Hall–Kier alpha value is -2.09. The van der Waals surface area contributed by atoms with Gasteiger partial charge in [-0.25, -0.2) is 8.42 Å². The third kappa shape index (κ3) is 6.95. The van der Waals surface area contributed by atoms with Gasteiger partial charge in [0.25, 0.3) is 15.9 Å². The molecule has 1 aliphatic rings. The lowest BCUT2D eigenvalue weighted by molar-refractivity contribution is 0.0952. The Morgan fingerprint density at radius 3 is 2.39 bits per heavy atom. The molecule has 2 N–H and O–H groups in total. The number of amides is 1. The predicted octanol–water partition coefficient (Wildman–Crippen LogP) is 4.45. The van der Waals surface area contributed by atoms with Crippen LogP contribution in [0.1, 0.15) is 48.0 Å². The van der Waals surface area contributed by atoms with Gasteiger partial charge in [-0.05, 0) is 76.2 Å². The molecular formula is C23H30ClN3O3S. The second kappa shape index (κ2) is 11.0. The van der Waals surface area contributed by atoms with Gasteiger partial charge in [-0.2, -0.15) is 0 Å². The topological polar surface area (TPSA) is 78.5 Å². The number of hydrogen-bond donors (Lipinski definition) is 2. The summed E-state index contributed by atoms with van der Waals surface area (Å²) in [6.07, 6.45) is 5.95. The molecule has 1 aliphatic heterocycles. The molecule has 6 nitrogen and oxygen atoms in total. The van der Waals surface area contributed by atoms with E-state index in [0.29, 0.717) is 12.2 Å². The van der Waals surface area contributed by atoms with Gasteiger partial charge in [0.2, 0.25) is 0 Å². The molecule has 0 bridgehead atoms. The fourth-order valence-electron chi connectivity index (χ4n) is 3.65. The summed E-state index contributed by atoms with van der Waals surface area (Å²) in [6, 6.07) is 11.1. The smallest absolute Gasteiger partial charge is 0.261 e. The number of carbonyl (C=O) groups is 1. The number of anilines is 1. The minimum absolute atomic E-state index is 0.160. The van der Waals surface area contributed by atoms with Crippen molar-refractivity contribution >= 4 is 33.2 Å². The van der Waals surface area contributed by atoms with Gasteiger partial charge in [-0.1, -0.05) is 42.1 Å². The van der Waals surface area contributed by atoms with Gasteiger partial charge in [-0.3, -0.25) is 9.52 Å². The molecule has 1 heterocycles. The van der Waals surface area contributed by atoms with E-state index in [2.05, 4.69) is 14.9 Å². The number of nitrogens with one attached hydrogen (secondary N) is 2. The lowest BCUT2D eigenvalue weighted by Crippen LogP contribution is -2.30. The summed E-state index contributed by atoms with van der Waals surface area (Å²) >= 11 is 6.20. The Kier molecular flexibility index (Phi) is 8.35. The molecule has 1 fully saturated rings. The molecule has 2 aromatic rings. The molecule has 31 heavy (non-hydrogen) atoms. The number of hydrogen-bond acceptors (Lipinski definition) is 4. The highest BCUT2D eigenvalue weighted by atomic mass is 35.5. The van der Waals surface area contributed by atoms with E-state index in [1.807, 2.05) is 6.92 Å². The number of carbonyl (C=O) groups excluding carboxylic acids is 1. The zero-order valence-corrected chi connectivity index (χ0v) is 19.4. The lowest BCUT2D eigenvalue weighted by atomic mass is 10.2. The van der Waals surface area contributed by atoms with E-state index in [1.54, 1.807) is 30.3 Å². The van der Waals surface area contributed by atoms with Crippen LogP contribution < -0.4 is 10.0 Å². The number of halogens is 1. The van der Waals surface area contributed by atoms with Crippen LogP contribution in [0, 0.1) is 6.92 Å². The largest absolute Gasteiger partial charge is 0.352 e. The van der Waals surface area contributed by atoms with Crippen LogP contribution in [0.2, 0.25) is 5.02 Å². The average molecular weight is 464 g/mol. The first-order chi connectivity index (χ1) is 14.8. The van der Waals surface area contributed by atoms with Crippen LogP contribution in [0.25, 0.3) is 0 Å². The lowest BCUT2D eigenvalue weighted by Gasteiger charge is -2.19. The maximum absolute atomic E-state index is 12.6. The van der Waals surface area contributed by atoms with E-state index in [9.17, 15) is 13.2 Å². The molecule has 168 valence electrons. The first kappa shape index (κ1) is 23.6. The molecule has 0 saturated carbocycles. The highest BCUT2D eigenvalue weighted by Gasteiger charge is 2.17. The van der Waals surface area contributed by atoms with Crippen LogP contribution in [0.3, 0.4) is 0 Å². The quantitative estimate of drug-likeness (QED) is 0.567. The summed E-state index contributed by atoms with van der Waals surface area (Å²) in [6.45, 7) is 5.66. The number of sulfonamides is 1. The first-order valence-corrected chi connectivity index (χ1v) is 12.6. The van der Waals surface area contributed by atoms with Gasteiger partial charge < -0.3 is 10.2 Å². The van der Waals surface area contributed by atoms with Gasteiger partial charge in [-0.15, -0.1) is 0 Å². The third-order valence-corrected chi connectivity index (χ3v) is 7.16. The van der Waals surface area contributed by atoms with Crippen LogP contribution in [-0.2, 0) is 10.0 Å². The van der Waals surface area contributed by atoms with Gasteiger partial charge >= 0.3 is 0 Å². The Bertz CT molecular complexity index is 986. The number of aryl methyl sites for hydroxylation is 1. The van der Waals surface area contributed by atoms with Gasteiger partial charge in [0, 0.05) is 12.2 Å². The molecule has 8 heteroatoms. The van der Waals surface area contributed by atoms with Gasteiger partial charge in [0.05, 0.1) is 15.5 Å². The molecule has 0 aliphatic carbocycles. The van der Waals surface area contributed by atoms with Gasteiger partial charge in [0.1, 0.15) is 0 Å². The zero-order chi connectivity index (χ0) is 22.3. The van der Waals surface area contributed by atoms with Crippen molar-refractivity contribution in [2.24, 2.45) is 0 Å². The van der Waals surface area contributed by atoms with E-state index in [1.165, 1.54) is 37.8 Å². The Balaban J connectivity index is 1.58. The number of likely N-dealkylation sites (tertiary alicyclic amines) is 1. The number of nitrogens with zero attached hydrogens (tertiary/aromatic N) is 1. The fraction of sp³-hybridized carbons (Fsp3) is 0.435. The summed E-state index contributed by atoms with van der Waals surface area (Å²) < 4.78 is 27.8. The molecular weight excluding hydrogens is 434 g/mol. The van der Waals surface area contributed by atoms with Crippen molar-refractivity contribution in [3.8, 4) is 0 Å². The summed E-state index contributed by atoms with van der Waals surface area (Å²) in [5.74, 6) is -0.308. The van der Waals surface area contributed by atoms with Crippen molar-refractivity contribution in [2.75, 3.05) is 30.9 Å². The van der Waals surface area contributed by atoms with Crippen LogP contribution in [0.15, 0.2) is 47.4 Å². The minimum atomic E-state index is -3.75. The van der Waals surface area contributed by atoms with Crippen molar-refractivity contribution in [3.63, 3.8) is 0 Å².